The van der Waals surface area contributed by atoms with Gasteiger partial charge in [-0.25, -0.2) is 4.68 Å². The summed E-state index contributed by atoms with van der Waals surface area (Å²) >= 11 is 1.46. The lowest BCUT2D eigenvalue weighted by Crippen LogP contribution is -2.35. The van der Waals surface area contributed by atoms with Crippen LogP contribution in [0.15, 0.2) is 29.8 Å². The molecular formula is C11H10F3N3S. The Morgan fingerprint density at radius 3 is 2.89 bits per heavy atom. The second kappa shape index (κ2) is 4.01. The first-order valence-electron chi connectivity index (χ1n) is 5.46. The zero-order valence-corrected chi connectivity index (χ0v) is 10.0. The molecule has 1 N–H and O–H groups in total. The third-order valence-electron chi connectivity index (χ3n) is 3.01. The van der Waals surface area contributed by atoms with Gasteiger partial charge in [-0.15, -0.1) is 11.3 Å². The van der Waals surface area contributed by atoms with Crippen molar-refractivity contribution in [1.82, 2.24) is 9.78 Å². The molecule has 2 aromatic heterocycles. The van der Waals surface area contributed by atoms with Gasteiger partial charge in [0.25, 0.3) is 0 Å². The van der Waals surface area contributed by atoms with Crippen molar-refractivity contribution in [3.8, 4) is 0 Å². The molecule has 0 fully saturated rings. The fourth-order valence-electron chi connectivity index (χ4n) is 2.19. The molecule has 18 heavy (non-hydrogen) atoms. The zero-order valence-electron chi connectivity index (χ0n) is 9.19. The Balaban J connectivity index is 1.97. The molecule has 1 aliphatic rings. The van der Waals surface area contributed by atoms with Crippen molar-refractivity contribution in [2.24, 2.45) is 0 Å². The molecule has 0 bridgehead atoms. The highest BCUT2D eigenvalue weighted by Crippen LogP contribution is 2.43. The van der Waals surface area contributed by atoms with Crippen molar-refractivity contribution in [2.45, 2.75) is 24.7 Å². The number of nitrogens with zero attached hydrogens (tertiary/aromatic N) is 2. The van der Waals surface area contributed by atoms with Crippen LogP contribution >= 0.6 is 11.3 Å². The summed E-state index contributed by atoms with van der Waals surface area (Å²) in [6, 6.07) is 3.40. The predicted molar refractivity (Wildman–Crippen MR) is 62.6 cm³/mol. The zero-order chi connectivity index (χ0) is 12.8. The molecule has 7 heteroatoms. The number of alkyl halides is 3. The molecular weight excluding hydrogens is 263 g/mol. The van der Waals surface area contributed by atoms with Gasteiger partial charge < -0.3 is 5.32 Å². The molecule has 3 nitrogen and oxygen atoms in total. The van der Waals surface area contributed by atoms with E-state index in [0.717, 1.165) is 9.56 Å². The molecule has 0 amide bonds. The summed E-state index contributed by atoms with van der Waals surface area (Å²) in [5, 5.41) is 8.72. The molecule has 0 unspecified atom stereocenters. The Morgan fingerprint density at radius 1 is 1.39 bits per heavy atom. The van der Waals surface area contributed by atoms with Gasteiger partial charge in [-0.3, -0.25) is 0 Å². The molecule has 0 saturated heterocycles. The second-order valence-corrected chi connectivity index (χ2v) is 5.15. The Morgan fingerprint density at radius 2 is 2.22 bits per heavy atom. The van der Waals surface area contributed by atoms with E-state index in [4.69, 9.17) is 0 Å². The summed E-state index contributed by atoms with van der Waals surface area (Å²) < 4.78 is 40.1. The molecule has 3 heterocycles. The SMILES string of the molecule is FC(F)(F)[C@H]1C[C@H](c2cccs2)Nc2ccnn21. The highest BCUT2D eigenvalue weighted by Gasteiger charge is 2.46. The van der Waals surface area contributed by atoms with Crippen molar-refractivity contribution in [3.63, 3.8) is 0 Å². The lowest BCUT2D eigenvalue weighted by molar-refractivity contribution is -0.173. The van der Waals surface area contributed by atoms with Crippen LogP contribution in [0.25, 0.3) is 0 Å². The highest BCUT2D eigenvalue weighted by molar-refractivity contribution is 7.10. The lowest BCUT2D eigenvalue weighted by Gasteiger charge is -2.32. The number of rotatable bonds is 1. The van der Waals surface area contributed by atoms with Gasteiger partial charge in [-0.2, -0.15) is 18.3 Å². The van der Waals surface area contributed by atoms with Crippen molar-refractivity contribution < 1.29 is 13.2 Å². The number of thiophene rings is 1. The van der Waals surface area contributed by atoms with E-state index in [1.807, 2.05) is 17.5 Å². The first-order chi connectivity index (χ1) is 8.55. The van der Waals surface area contributed by atoms with E-state index in [1.165, 1.54) is 17.5 Å². The molecule has 96 valence electrons. The van der Waals surface area contributed by atoms with Crippen LogP contribution in [0, 0.1) is 0 Å². The van der Waals surface area contributed by atoms with Crippen LogP contribution in [-0.4, -0.2) is 16.0 Å². The van der Waals surface area contributed by atoms with Crippen molar-refractivity contribution in [2.75, 3.05) is 5.32 Å². The van der Waals surface area contributed by atoms with Crippen LogP contribution < -0.4 is 5.32 Å². The molecule has 2 atom stereocenters. The monoisotopic (exact) mass is 273 g/mol. The quantitative estimate of drug-likeness (QED) is 0.860. The average Bonchev–Trinajstić information content (AvgIpc) is 2.97. The van der Waals surface area contributed by atoms with E-state index in [0.29, 0.717) is 5.82 Å². The predicted octanol–water partition coefficient (Wildman–Crippen LogP) is 3.60. The number of anilines is 1. The van der Waals surface area contributed by atoms with E-state index in [-0.39, 0.29) is 12.5 Å². The summed E-state index contributed by atoms with van der Waals surface area (Å²) in [6.45, 7) is 0. The van der Waals surface area contributed by atoms with Crippen LogP contribution in [0.2, 0.25) is 0 Å². The average molecular weight is 273 g/mol. The van der Waals surface area contributed by atoms with Gasteiger partial charge in [0.1, 0.15) is 5.82 Å². The third kappa shape index (κ3) is 1.88. The molecule has 0 saturated carbocycles. The number of hydrogen-bond acceptors (Lipinski definition) is 3. The van der Waals surface area contributed by atoms with Gasteiger partial charge in [0, 0.05) is 17.4 Å². The van der Waals surface area contributed by atoms with E-state index in [2.05, 4.69) is 10.4 Å². The minimum absolute atomic E-state index is 0.0291. The summed E-state index contributed by atoms with van der Waals surface area (Å²) in [5.74, 6) is 0.418. The Bertz CT molecular complexity index is 532. The molecule has 2 aromatic rings. The summed E-state index contributed by atoms with van der Waals surface area (Å²) in [7, 11) is 0. The van der Waals surface area contributed by atoms with Crippen LogP contribution in [0.5, 0.6) is 0 Å². The van der Waals surface area contributed by atoms with E-state index >= 15 is 0 Å². The lowest BCUT2D eigenvalue weighted by atomic mass is 10.0. The van der Waals surface area contributed by atoms with Crippen molar-refractivity contribution in [1.29, 1.82) is 0 Å². The topological polar surface area (TPSA) is 29.9 Å². The molecule has 0 aromatic carbocycles. The maximum absolute atomic E-state index is 13.0. The first-order valence-corrected chi connectivity index (χ1v) is 6.34. The fraction of sp³-hybridized carbons (Fsp3) is 0.364. The maximum atomic E-state index is 13.0. The Kier molecular flexibility index (Phi) is 2.58. The second-order valence-electron chi connectivity index (χ2n) is 4.17. The molecule has 0 aliphatic carbocycles. The molecule has 0 spiro atoms. The fourth-order valence-corrected chi connectivity index (χ4v) is 2.98. The highest BCUT2D eigenvalue weighted by atomic mass is 32.1. The first kappa shape index (κ1) is 11.6. The normalized spacial score (nSPS) is 23.5. The minimum Gasteiger partial charge on any atom is -0.363 e. The largest absolute Gasteiger partial charge is 0.410 e. The van der Waals surface area contributed by atoms with E-state index in [1.54, 1.807) is 6.07 Å². The van der Waals surface area contributed by atoms with Gasteiger partial charge in [-0.05, 0) is 11.4 Å². The van der Waals surface area contributed by atoms with Gasteiger partial charge in [0.2, 0.25) is 0 Å². The minimum atomic E-state index is -4.28. The Labute approximate surface area is 105 Å². The Hall–Kier alpha value is -1.50. The number of nitrogens with one attached hydrogen (secondary N) is 1. The van der Waals surface area contributed by atoms with Gasteiger partial charge >= 0.3 is 6.18 Å². The van der Waals surface area contributed by atoms with Gasteiger partial charge in [-0.1, -0.05) is 6.07 Å². The van der Waals surface area contributed by atoms with Crippen LogP contribution in [0.4, 0.5) is 19.0 Å². The number of aromatic nitrogens is 2. The number of hydrogen-bond donors (Lipinski definition) is 1. The molecule has 0 radical (unpaired) electrons. The maximum Gasteiger partial charge on any atom is 0.410 e. The summed E-state index contributed by atoms with van der Waals surface area (Å²) in [5.41, 5.74) is 0. The van der Waals surface area contributed by atoms with Crippen molar-refractivity contribution in [3.05, 3.63) is 34.7 Å². The molecule has 1 aliphatic heterocycles. The van der Waals surface area contributed by atoms with Gasteiger partial charge in [0.15, 0.2) is 6.04 Å². The summed E-state index contributed by atoms with van der Waals surface area (Å²) in [4.78, 5) is 0.914. The van der Waals surface area contributed by atoms with Crippen LogP contribution in [0.3, 0.4) is 0 Å². The third-order valence-corrected chi connectivity index (χ3v) is 4.00. The summed E-state index contributed by atoms with van der Waals surface area (Å²) in [6.07, 6.45) is -2.92. The van der Waals surface area contributed by atoms with E-state index < -0.39 is 12.2 Å². The van der Waals surface area contributed by atoms with Crippen LogP contribution in [0.1, 0.15) is 23.4 Å². The van der Waals surface area contributed by atoms with Gasteiger partial charge in [0.05, 0.1) is 12.2 Å². The number of fused-ring (bicyclic) bond motifs is 1. The van der Waals surface area contributed by atoms with Crippen LogP contribution in [-0.2, 0) is 0 Å². The standard InChI is InChI=1S/C11H10F3N3S/c12-11(13,14)9-6-7(8-2-1-5-18-8)16-10-3-4-15-17(9)10/h1-5,7,9,16H,6H2/t7-,9-/m1/s1. The smallest absolute Gasteiger partial charge is 0.363 e. The number of halogens is 3. The molecule has 3 rings (SSSR count). The van der Waals surface area contributed by atoms with Crippen molar-refractivity contribution >= 4 is 17.2 Å². The van der Waals surface area contributed by atoms with E-state index in [9.17, 15) is 13.2 Å².